The van der Waals surface area contributed by atoms with E-state index in [0.29, 0.717) is 0 Å². The largest absolute Gasteiger partial charge is 0.497 e. The van der Waals surface area contributed by atoms with Crippen molar-refractivity contribution in [2.24, 2.45) is 0 Å². The molecule has 0 bridgehead atoms. The summed E-state index contributed by atoms with van der Waals surface area (Å²) in [5.41, 5.74) is 4.67. The van der Waals surface area contributed by atoms with E-state index in [-0.39, 0.29) is 0 Å². The van der Waals surface area contributed by atoms with E-state index in [1.165, 1.54) is 16.7 Å². The number of fused-ring (bicyclic) bond motifs is 1. The number of aliphatic hydroxyl groups is 1. The third kappa shape index (κ3) is 2.01. The van der Waals surface area contributed by atoms with E-state index in [2.05, 4.69) is 38.1 Å². The summed E-state index contributed by atoms with van der Waals surface area (Å²) < 4.78 is 5.30. The number of ether oxygens (including phenoxy) is 1. The molecule has 0 saturated heterocycles. The van der Waals surface area contributed by atoms with Gasteiger partial charge in [-0.2, -0.15) is 0 Å². The van der Waals surface area contributed by atoms with Crippen molar-refractivity contribution in [1.29, 1.82) is 0 Å². The van der Waals surface area contributed by atoms with Crippen molar-refractivity contribution in [3.63, 3.8) is 0 Å². The van der Waals surface area contributed by atoms with Gasteiger partial charge >= 0.3 is 0 Å². The third-order valence-corrected chi connectivity index (χ3v) is 4.22. The fourth-order valence-corrected chi connectivity index (χ4v) is 3.25. The monoisotopic (exact) mass is 268 g/mol. The van der Waals surface area contributed by atoms with Crippen molar-refractivity contribution in [3.05, 3.63) is 64.2 Å². The van der Waals surface area contributed by atoms with Crippen molar-refractivity contribution in [2.45, 2.75) is 32.3 Å². The van der Waals surface area contributed by atoms with Crippen molar-refractivity contribution < 1.29 is 9.84 Å². The summed E-state index contributed by atoms with van der Waals surface area (Å²) in [6.07, 6.45) is 1.64. The zero-order valence-electron chi connectivity index (χ0n) is 12.2. The lowest BCUT2D eigenvalue weighted by molar-refractivity contribution is 0.0826. The highest BCUT2D eigenvalue weighted by atomic mass is 16.5. The zero-order chi connectivity index (χ0) is 14.3. The summed E-state index contributed by atoms with van der Waals surface area (Å²) >= 11 is 0. The van der Waals surface area contributed by atoms with E-state index in [1.807, 2.05) is 12.1 Å². The Morgan fingerprint density at radius 2 is 1.75 bits per heavy atom. The predicted molar refractivity (Wildman–Crippen MR) is 80.2 cm³/mol. The van der Waals surface area contributed by atoms with E-state index in [0.717, 1.165) is 29.7 Å². The molecular weight excluding hydrogens is 248 g/mol. The second-order valence-electron chi connectivity index (χ2n) is 5.76. The van der Waals surface area contributed by atoms with Gasteiger partial charge in [-0.15, -0.1) is 0 Å². The van der Waals surface area contributed by atoms with Gasteiger partial charge in [0.2, 0.25) is 0 Å². The minimum atomic E-state index is -0.888. The number of hydrogen-bond donors (Lipinski definition) is 1. The quantitative estimate of drug-likeness (QED) is 0.903. The average molecular weight is 268 g/mol. The highest BCUT2D eigenvalue weighted by molar-refractivity contribution is 5.49. The summed E-state index contributed by atoms with van der Waals surface area (Å²) in [5.74, 6) is 0.799. The first-order valence-electron chi connectivity index (χ1n) is 7.01. The van der Waals surface area contributed by atoms with E-state index in [4.69, 9.17) is 4.74 Å². The molecule has 0 spiro atoms. The number of rotatable bonds is 2. The predicted octanol–water partition coefficient (Wildman–Crippen LogP) is 3.49. The molecule has 1 unspecified atom stereocenters. The van der Waals surface area contributed by atoms with Crippen molar-refractivity contribution in [3.8, 4) is 5.75 Å². The van der Waals surface area contributed by atoms with Crippen LogP contribution in [0.4, 0.5) is 0 Å². The Morgan fingerprint density at radius 1 is 1.05 bits per heavy atom. The first-order valence-corrected chi connectivity index (χ1v) is 7.01. The van der Waals surface area contributed by atoms with Gasteiger partial charge in [-0.05, 0) is 55.5 Å². The van der Waals surface area contributed by atoms with E-state index in [1.54, 1.807) is 7.11 Å². The van der Waals surface area contributed by atoms with Crippen LogP contribution >= 0.6 is 0 Å². The zero-order valence-corrected chi connectivity index (χ0v) is 12.2. The normalized spacial score (nSPS) is 20.8. The lowest BCUT2D eigenvalue weighted by atomic mass is 9.86. The van der Waals surface area contributed by atoms with E-state index < -0.39 is 5.60 Å². The molecule has 104 valence electrons. The SMILES string of the molecule is COc1ccc2c(c1)C(O)(c1cc(C)cc(C)c1)CC2. The summed E-state index contributed by atoms with van der Waals surface area (Å²) in [6, 6.07) is 12.3. The first kappa shape index (κ1) is 13.2. The number of methoxy groups -OCH3 is 1. The highest BCUT2D eigenvalue weighted by Gasteiger charge is 2.38. The van der Waals surface area contributed by atoms with Gasteiger partial charge in [0.05, 0.1) is 7.11 Å². The maximum absolute atomic E-state index is 11.2. The van der Waals surface area contributed by atoms with Gasteiger partial charge in [0.1, 0.15) is 11.4 Å². The molecule has 0 saturated carbocycles. The molecule has 2 heteroatoms. The van der Waals surface area contributed by atoms with Crippen LogP contribution < -0.4 is 4.74 Å². The highest BCUT2D eigenvalue weighted by Crippen LogP contribution is 2.43. The summed E-state index contributed by atoms with van der Waals surface area (Å²) in [6.45, 7) is 4.14. The minimum Gasteiger partial charge on any atom is -0.497 e. The molecular formula is C18H20O2. The van der Waals surface area contributed by atoms with Crippen LogP contribution in [0.2, 0.25) is 0 Å². The molecule has 0 aliphatic heterocycles. The Morgan fingerprint density at radius 3 is 2.40 bits per heavy atom. The van der Waals surface area contributed by atoms with E-state index >= 15 is 0 Å². The molecule has 2 aromatic carbocycles. The van der Waals surface area contributed by atoms with Crippen LogP contribution in [0.5, 0.6) is 5.75 Å². The molecule has 2 nitrogen and oxygen atoms in total. The molecule has 3 rings (SSSR count). The van der Waals surface area contributed by atoms with Crippen molar-refractivity contribution >= 4 is 0 Å². The Bertz CT molecular complexity index is 640. The summed E-state index contributed by atoms with van der Waals surface area (Å²) in [7, 11) is 1.66. The lowest BCUT2D eigenvalue weighted by Gasteiger charge is -2.26. The maximum Gasteiger partial charge on any atom is 0.119 e. The molecule has 0 fully saturated rings. The van der Waals surface area contributed by atoms with Gasteiger partial charge in [0.25, 0.3) is 0 Å². The molecule has 0 aromatic heterocycles. The van der Waals surface area contributed by atoms with Gasteiger partial charge in [0.15, 0.2) is 0 Å². The molecule has 1 aliphatic rings. The van der Waals surface area contributed by atoms with Gasteiger partial charge in [-0.3, -0.25) is 0 Å². The second-order valence-corrected chi connectivity index (χ2v) is 5.76. The Labute approximate surface area is 120 Å². The molecule has 20 heavy (non-hydrogen) atoms. The van der Waals surface area contributed by atoms with Crippen molar-refractivity contribution in [2.75, 3.05) is 7.11 Å². The first-order chi connectivity index (χ1) is 9.53. The summed E-state index contributed by atoms with van der Waals surface area (Å²) in [5, 5.41) is 11.2. The fourth-order valence-electron chi connectivity index (χ4n) is 3.25. The lowest BCUT2D eigenvalue weighted by Crippen LogP contribution is -2.24. The van der Waals surface area contributed by atoms with Gasteiger partial charge in [-0.1, -0.05) is 35.4 Å². The number of aryl methyl sites for hydroxylation is 3. The van der Waals surface area contributed by atoms with Gasteiger partial charge in [0, 0.05) is 0 Å². The second kappa shape index (κ2) is 4.64. The number of benzene rings is 2. The van der Waals surface area contributed by atoms with Crippen LogP contribution in [0.25, 0.3) is 0 Å². The van der Waals surface area contributed by atoms with Crippen LogP contribution in [0.3, 0.4) is 0 Å². The molecule has 2 aromatic rings. The van der Waals surface area contributed by atoms with Crippen LogP contribution in [0.15, 0.2) is 36.4 Å². The van der Waals surface area contributed by atoms with Gasteiger partial charge in [-0.25, -0.2) is 0 Å². The third-order valence-electron chi connectivity index (χ3n) is 4.22. The van der Waals surface area contributed by atoms with E-state index in [9.17, 15) is 5.11 Å². The van der Waals surface area contributed by atoms with Crippen LogP contribution in [-0.2, 0) is 12.0 Å². The Hall–Kier alpha value is -1.80. The van der Waals surface area contributed by atoms with Gasteiger partial charge < -0.3 is 9.84 Å². The Kier molecular flexibility index (Phi) is 3.06. The van der Waals surface area contributed by atoms with Crippen LogP contribution in [0, 0.1) is 13.8 Å². The average Bonchev–Trinajstić information content (AvgIpc) is 2.76. The van der Waals surface area contributed by atoms with Crippen LogP contribution in [-0.4, -0.2) is 12.2 Å². The minimum absolute atomic E-state index is 0.735. The summed E-state index contributed by atoms with van der Waals surface area (Å²) in [4.78, 5) is 0. The molecule has 0 radical (unpaired) electrons. The maximum atomic E-state index is 11.2. The van der Waals surface area contributed by atoms with Crippen LogP contribution in [0.1, 0.15) is 34.2 Å². The molecule has 1 atom stereocenters. The number of hydrogen-bond acceptors (Lipinski definition) is 2. The standard InChI is InChI=1S/C18H20O2/c1-12-8-13(2)10-15(9-12)18(19)7-6-14-4-5-16(20-3)11-17(14)18/h4-5,8-11,19H,6-7H2,1-3H3. The molecule has 1 aliphatic carbocycles. The fraction of sp³-hybridized carbons (Fsp3) is 0.333. The molecule has 1 N–H and O–H groups in total. The van der Waals surface area contributed by atoms with Crippen molar-refractivity contribution in [1.82, 2.24) is 0 Å². The topological polar surface area (TPSA) is 29.5 Å². The smallest absolute Gasteiger partial charge is 0.119 e. The molecule has 0 heterocycles. The molecule has 0 amide bonds. The Balaban J connectivity index is 2.15.